The van der Waals surface area contributed by atoms with Crippen molar-refractivity contribution in [2.24, 2.45) is 0 Å². The van der Waals surface area contributed by atoms with Crippen molar-refractivity contribution in [1.82, 2.24) is 0 Å². The summed E-state index contributed by atoms with van der Waals surface area (Å²) < 4.78 is 6.54. The van der Waals surface area contributed by atoms with E-state index >= 15 is 0 Å². The second-order valence-corrected chi connectivity index (χ2v) is 6.64. The molecule has 0 heterocycles. The molecular weight excluding hydrogens is 278 g/mol. The molecule has 0 saturated carbocycles. The molecule has 0 spiro atoms. The maximum Gasteiger partial charge on any atom is 0.0871 e. The van der Waals surface area contributed by atoms with Gasteiger partial charge in [0, 0.05) is 22.8 Å². The lowest BCUT2D eigenvalue weighted by molar-refractivity contribution is 0.0192. The highest BCUT2D eigenvalue weighted by Gasteiger charge is 2.20. The molecule has 0 aliphatic heterocycles. The van der Waals surface area contributed by atoms with E-state index in [4.69, 9.17) is 4.74 Å². The fourth-order valence-corrected chi connectivity index (χ4v) is 1.99. The molecule has 1 rings (SSSR count). The van der Waals surface area contributed by atoms with Gasteiger partial charge in [0.05, 0.1) is 5.60 Å². The van der Waals surface area contributed by atoms with Gasteiger partial charge in [-0.25, -0.2) is 0 Å². The van der Waals surface area contributed by atoms with Gasteiger partial charge in [-0.15, -0.1) is 0 Å². The second kappa shape index (κ2) is 4.99. The van der Waals surface area contributed by atoms with E-state index in [0.29, 0.717) is 0 Å². The molecule has 0 aliphatic carbocycles. The van der Waals surface area contributed by atoms with E-state index in [0.717, 1.165) is 15.7 Å². The van der Waals surface area contributed by atoms with Gasteiger partial charge in [0.25, 0.3) is 0 Å². The van der Waals surface area contributed by atoms with Crippen molar-refractivity contribution in [3.05, 3.63) is 28.2 Å². The van der Waals surface area contributed by atoms with Gasteiger partial charge in [0.1, 0.15) is 0 Å². The van der Waals surface area contributed by atoms with Crippen LogP contribution in [0.1, 0.15) is 40.2 Å². The molecule has 0 amide bonds. The zero-order chi connectivity index (χ0) is 13.3. The number of ether oxygens (including phenoxy) is 1. The summed E-state index contributed by atoms with van der Waals surface area (Å²) in [6.07, 6.45) is 0. The van der Waals surface area contributed by atoms with E-state index in [-0.39, 0.29) is 11.1 Å². The highest BCUT2D eigenvalue weighted by Crippen LogP contribution is 2.31. The minimum atomic E-state index is -0.261. The van der Waals surface area contributed by atoms with Gasteiger partial charge in [-0.05, 0) is 68.2 Å². The van der Waals surface area contributed by atoms with Crippen LogP contribution in [0, 0.1) is 0 Å². The van der Waals surface area contributed by atoms with E-state index < -0.39 is 0 Å². The predicted octanol–water partition coefficient (Wildman–Crippen LogP) is 4.54. The molecule has 0 fully saturated rings. The highest BCUT2D eigenvalue weighted by atomic mass is 79.9. The van der Waals surface area contributed by atoms with Crippen molar-refractivity contribution in [3.63, 3.8) is 0 Å². The van der Waals surface area contributed by atoms with Gasteiger partial charge in [0.2, 0.25) is 0 Å². The van der Waals surface area contributed by atoms with Crippen molar-refractivity contribution in [2.45, 2.75) is 45.8 Å². The molecule has 0 atom stereocenters. The second-order valence-electron chi connectivity index (χ2n) is 5.78. The zero-order valence-electron chi connectivity index (χ0n) is 11.5. The summed E-state index contributed by atoms with van der Waals surface area (Å²) >= 11 is 3.60. The lowest BCUT2D eigenvalue weighted by atomic mass is 9.97. The van der Waals surface area contributed by atoms with Crippen molar-refractivity contribution in [2.75, 3.05) is 12.4 Å². The summed E-state index contributed by atoms with van der Waals surface area (Å²) in [5, 5.41) is 3.46. The van der Waals surface area contributed by atoms with Gasteiger partial charge in [-0.2, -0.15) is 0 Å². The smallest absolute Gasteiger partial charge is 0.0871 e. The lowest BCUT2D eigenvalue weighted by Gasteiger charge is -2.26. The van der Waals surface area contributed by atoms with Crippen LogP contribution < -0.4 is 5.32 Å². The Kier molecular flexibility index (Phi) is 4.26. The summed E-state index contributed by atoms with van der Waals surface area (Å²) in [5.74, 6) is 0. The lowest BCUT2D eigenvalue weighted by Crippen LogP contribution is -2.26. The average Bonchev–Trinajstić information content (AvgIpc) is 2.19. The number of halogens is 1. The van der Waals surface area contributed by atoms with Crippen LogP contribution >= 0.6 is 15.9 Å². The van der Waals surface area contributed by atoms with Crippen molar-refractivity contribution in [3.8, 4) is 0 Å². The van der Waals surface area contributed by atoms with Gasteiger partial charge in [0.15, 0.2) is 0 Å². The standard InChI is InChI=1S/C14H22BrNO/c1-13(2,3)16-12-8-7-10(9-11(12)15)14(4,5)17-6/h7-9,16H,1-6H3. The van der Waals surface area contributed by atoms with Crippen molar-refractivity contribution < 1.29 is 4.74 Å². The molecular formula is C14H22BrNO. The maximum absolute atomic E-state index is 5.48. The Labute approximate surface area is 113 Å². The zero-order valence-corrected chi connectivity index (χ0v) is 13.1. The normalized spacial score (nSPS) is 12.6. The topological polar surface area (TPSA) is 21.3 Å². The third kappa shape index (κ3) is 4.00. The van der Waals surface area contributed by atoms with E-state index in [2.05, 4.69) is 74.1 Å². The first kappa shape index (κ1) is 14.5. The number of methoxy groups -OCH3 is 1. The van der Waals surface area contributed by atoms with E-state index in [1.807, 2.05) is 0 Å². The molecule has 0 aliphatic rings. The van der Waals surface area contributed by atoms with Crippen LogP contribution in [0.3, 0.4) is 0 Å². The number of hydrogen-bond acceptors (Lipinski definition) is 2. The first-order valence-electron chi connectivity index (χ1n) is 5.79. The van der Waals surface area contributed by atoms with Crippen LogP contribution in [0.4, 0.5) is 5.69 Å². The Morgan fingerprint density at radius 2 is 1.71 bits per heavy atom. The van der Waals surface area contributed by atoms with Gasteiger partial charge in [-0.1, -0.05) is 6.07 Å². The molecule has 1 aromatic carbocycles. The van der Waals surface area contributed by atoms with Crippen LogP contribution in [0.5, 0.6) is 0 Å². The summed E-state index contributed by atoms with van der Waals surface area (Å²) in [4.78, 5) is 0. The summed E-state index contributed by atoms with van der Waals surface area (Å²) in [7, 11) is 1.73. The van der Waals surface area contributed by atoms with E-state index in [1.54, 1.807) is 7.11 Å². The molecule has 1 N–H and O–H groups in total. The number of anilines is 1. The third-order valence-electron chi connectivity index (χ3n) is 2.68. The molecule has 1 aromatic rings. The molecule has 0 radical (unpaired) electrons. The van der Waals surface area contributed by atoms with Crippen LogP contribution in [-0.2, 0) is 10.3 Å². The molecule has 3 heteroatoms. The first-order valence-corrected chi connectivity index (χ1v) is 6.58. The average molecular weight is 300 g/mol. The Hall–Kier alpha value is -0.540. The fraction of sp³-hybridized carbons (Fsp3) is 0.571. The van der Waals surface area contributed by atoms with Crippen LogP contribution in [0.25, 0.3) is 0 Å². The summed E-state index contributed by atoms with van der Waals surface area (Å²) in [6, 6.07) is 6.30. The molecule has 0 aromatic heterocycles. The van der Waals surface area contributed by atoms with Crippen molar-refractivity contribution in [1.29, 1.82) is 0 Å². The molecule has 0 bridgehead atoms. The largest absolute Gasteiger partial charge is 0.380 e. The van der Waals surface area contributed by atoms with Gasteiger partial charge >= 0.3 is 0 Å². The predicted molar refractivity (Wildman–Crippen MR) is 77.6 cm³/mol. The van der Waals surface area contributed by atoms with Gasteiger partial charge in [-0.3, -0.25) is 0 Å². The minimum Gasteiger partial charge on any atom is -0.380 e. The molecule has 0 unspecified atom stereocenters. The SMILES string of the molecule is COC(C)(C)c1ccc(NC(C)(C)C)c(Br)c1. The Morgan fingerprint density at radius 1 is 1.12 bits per heavy atom. The Bertz CT molecular complexity index is 394. The van der Waals surface area contributed by atoms with E-state index in [9.17, 15) is 0 Å². The quantitative estimate of drug-likeness (QED) is 0.884. The first-order chi connectivity index (χ1) is 7.65. The Morgan fingerprint density at radius 3 is 2.12 bits per heavy atom. The van der Waals surface area contributed by atoms with Crippen LogP contribution in [-0.4, -0.2) is 12.6 Å². The Balaban J connectivity index is 3.02. The third-order valence-corrected chi connectivity index (χ3v) is 3.34. The number of rotatable bonds is 3. The molecule has 0 saturated heterocycles. The van der Waals surface area contributed by atoms with E-state index in [1.165, 1.54) is 0 Å². The fourth-order valence-electron chi connectivity index (χ4n) is 1.51. The number of nitrogens with one attached hydrogen (secondary N) is 1. The van der Waals surface area contributed by atoms with Crippen LogP contribution in [0.15, 0.2) is 22.7 Å². The monoisotopic (exact) mass is 299 g/mol. The van der Waals surface area contributed by atoms with Gasteiger partial charge < -0.3 is 10.1 Å². The number of benzene rings is 1. The van der Waals surface area contributed by atoms with Crippen LogP contribution in [0.2, 0.25) is 0 Å². The molecule has 2 nitrogen and oxygen atoms in total. The minimum absolute atomic E-state index is 0.0564. The van der Waals surface area contributed by atoms with Crippen molar-refractivity contribution >= 4 is 21.6 Å². The maximum atomic E-state index is 5.48. The summed E-state index contributed by atoms with van der Waals surface area (Å²) in [6.45, 7) is 10.6. The molecule has 17 heavy (non-hydrogen) atoms. The summed E-state index contributed by atoms with van der Waals surface area (Å²) in [5.41, 5.74) is 2.06. The highest BCUT2D eigenvalue weighted by molar-refractivity contribution is 9.10. The number of hydrogen-bond donors (Lipinski definition) is 1. The molecule has 96 valence electrons.